The van der Waals surface area contributed by atoms with Crippen LogP contribution >= 0.6 is 0 Å². The number of ether oxygens (including phenoxy) is 3. The Balaban J connectivity index is 3.09. The van der Waals surface area contributed by atoms with Crippen LogP contribution in [0.3, 0.4) is 0 Å². The van der Waals surface area contributed by atoms with Crippen LogP contribution in [0, 0.1) is 0 Å². The van der Waals surface area contributed by atoms with Gasteiger partial charge in [0.1, 0.15) is 0 Å². The number of nitrogens with one attached hydrogen (secondary N) is 2. The summed E-state index contributed by atoms with van der Waals surface area (Å²) < 4.78 is 16.5. The lowest BCUT2D eigenvalue weighted by molar-refractivity contribution is 0.0355. The zero-order chi connectivity index (χ0) is 16.9. The Kier molecular flexibility index (Phi) is 12.1. The minimum Gasteiger partial charge on any atom is -0.380 e. The molecule has 0 amide bonds. The van der Waals surface area contributed by atoms with Crippen LogP contribution in [0.2, 0.25) is 0 Å². The van der Waals surface area contributed by atoms with E-state index in [1.807, 2.05) is 0 Å². The molecule has 0 spiro atoms. The van der Waals surface area contributed by atoms with E-state index in [0.29, 0.717) is 13.2 Å². The van der Waals surface area contributed by atoms with Gasteiger partial charge in [-0.2, -0.15) is 0 Å². The molecule has 0 aliphatic heterocycles. The average molecular weight is 319 g/mol. The SMILES string of the molecule is CC(C)(C)NCCOCCCOCCOCCNC(C)(C)C. The van der Waals surface area contributed by atoms with E-state index in [9.17, 15) is 0 Å². The minimum absolute atomic E-state index is 0.155. The smallest absolute Gasteiger partial charge is 0.0701 e. The molecule has 5 heteroatoms. The van der Waals surface area contributed by atoms with Crippen molar-refractivity contribution >= 4 is 0 Å². The monoisotopic (exact) mass is 318 g/mol. The van der Waals surface area contributed by atoms with E-state index < -0.39 is 0 Å². The predicted octanol–water partition coefficient (Wildman–Crippen LogP) is 2.20. The molecule has 134 valence electrons. The molecule has 5 nitrogen and oxygen atoms in total. The van der Waals surface area contributed by atoms with Crippen LogP contribution in [0.25, 0.3) is 0 Å². The fourth-order valence-electron chi connectivity index (χ4n) is 1.68. The molecule has 0 saturated heterocycles. The topological polar surface area (TPSA) is 51.8 Å². The lowest BCUT2D eigenvalue weighted by Crippen LogP contribution is -2.38. The Morgan fingerprint density at radius 3 is 1.32 bits per heavy atom. The summed E-state index contributed by atoms with van der Waals surface area (Å²) >= 11 is 0. The zero-order valence-corrected chi connectivity index (χ0v) is 15.6. The first-order chi connectivity index (χ1) is 10.2. The third-order valence-electron chi connectivity index (χ3n) is 2.75. The van der Waals surface area contributed by atoms with Gasteiger partial charge in [0.2, 0.25) is 0 Å². The van der Waals surface area contributed by atoms with Gasteiger partial charge in [0.25, 0.3) is 0 Å². The van der Waals surface area contributed by atoms with Gasteiger partial charge in [-0.25, -0.2) is 0 Å². The molecule has 0 fully saturated rings. The highest BCUT2D eigenvalue weighted by molar-refractivity contribution is 4.69. The first-order valence-electron chi connectivity index (χ1n) is 8.44. The largest absolute Gasteiger partial charge is 0.380 e. The Hall–Kier alpha value is -0.200. The predicted molar refractivity (Wildman–Crippen MR) is 92.6 cm³/mol. The second-order valence-electron chi connectivity index (χ2n) is 7.54. The maximum Gasteiger partial charge on any atom is 0.0701 e. The van der Waals surface area contributed by atoms with Gasteiger partial charge < -0.3 is 24.8 Å². The molecule has 2 N–H and O–H groups in total. The normalized spacial score (nSPS) is 12.8. The highest BCUT2D eigenvalue weighted by Gasteiger charge is 2.07. The summed E-state index contributed by atoms with van der Waals surface area (Å²) in [5.74, 6) is 0. The lowest BCUT2D eigenvalue weighted by atomic mass is 10.1. The van der Waals surface area contributed by atoms with Crippen LogP contribution in [-0.2, 0) is 14.2 Å². The maximum absolute atomic E-state index is 5.54. The van der Waals surface area contributed by atoms with E-state index in [-0.39, 0.29) is 11.1 Å². The summed E-state index contributed by atoms with van der Waals surface area (Å²) in [4.78, 5) is 0. The molecule has 0 unspecified atom stereocenters. The van der Waals surface area contributed by atoms with Crippen LogP contribution in [-0.4, -0.2) is 63.8 Å². The van der Waals surface area contributed by atoms with Crippen molar-refractivity contribution in [2.75, 3.05) is 52.7 Å². The number of hydrogen-bond acceptors (Lipinski definition) is 5. The Labute approximate surface area is 137 Å². The molecule has 0 aromatic rings. The minimum atomic E-state index is 0.155. The number of hydrogen-bond donors (Lipinski definition) is 2. The molecule has 0 atom stereocenters. The summed E-state index contributed by atoms with van der Waals surface area (Å²) in [6.07, 6.45) is 0.932. The van der Waals surface area contributed by atoms with Gasteiger partial charge in [-0.05, 0) is 48.0 Å². The molecular weight excluding hydrogens is 280 g/mol. The van der Waals surface area contributed by atoms with Crippen LogP contribution in [0.5, 0.6) is 0 Å². The lowest BCUT2D eigenvalue weighted by Gasteiger charge is -2.20. The first-order valence-corrected chi connectivity index (χ1v) is 8.44. The average Bonchev–Trinajstić information content (AvgIpc) is 2.36. The van der Waals surface area contributed by atoms with Gasteiger partial charge in [-0.1, -0.05) is 0 Å². The van der Waals surface area contributed by atoms with Crippen LogP contribution in [0.4, 0.5) is 0 Å². The van der Waals surface area contributed by atoms with E-state index in [0.717, 1.165) is 45.9 Å². The fourth-order valence-corrected chi connectivity index (χ4v) is 1.68. The van der Waals surface area contributed by atoms with Crippen molar-refractivity contribution in [3.8, 4) is 0 Å². The van der Waals surface area contributed by atoms with Gasteiger partial charge in [0.15, 0.2) is 0 Å². The van der Waals surface area contributed by atoms with Crippen LogP contribution in [0.15, 0.2) is 0 Å². The highest BCUT2D eigenvalue weighted by Crippen LogP contribution is 1.97. The molecule has 0 saturated carbocycles. The van der Waals surface area contributed by atoms with Crippen molar-refractivity contribution in [3.63, 3.8) is 0 Å². The standard InChI is InChI=1S/C17H38N2O3/c1-16(2,3)18-8-12-20-10-7-11-21-14-15-22-13-9-19-17(4,5)6/h18-19H,7-15H2,1-6H3. The van der Waals surface area contributed by atoms with Crippen LogP contribution < -0.4 is 10.6 Å². The van der Waals surface area contributed by atoms with E-state index in [4.69, 9.17) is 14.2 Å². The van der Waals surface area contributed by atoms with Gasteiger partial charge in [-0.3, -0.25) is 0 Å². The Morgan fingerprint density at radius 1 is 0.545 bits per heavy atom. The molecule has 22 heavy (non-hydrogen) atoms. The van der Waals surface area contributed by atoms with Crippen molar-refractivity contribution < 1.29 is 14.2 Å². The second kappa shape index (κ2) is 12.3. The summed E-state index contributed by atoms with van der Waals surface area (Å²) in [6.45, 7) is 19.0. The molecule has 0 radical (unpaired) electrons. The van der Waals surface area contributed by atoms with Crippen molar-refractivity contribution in [2.45, 2.75) is 59.0 Å². The van der Waals surface area contributed by atoms with Crippen molar-refractivity contribution in [3.05, 3.63) is 0 Å². The highest BCUT2D eigenvalue weighted by atomic mass is 16.5. The third kappa shape index (κ3) is 19.8. The van der Waals surface area contributed by atoms with E-state index in [2.05, 4.69) is 52.2 Å². The van der Waals surface area contributed by atoms with E-state index in [1.165, 1.54) is 0 Å². The molecule has 0 aromatic carbocycles. The molecular formula is C17H38N2O3. The summed E-state index contributed by atoms with van der Waals surface area (Å²) in [7, 11) is 0. The Bertz CT molecular complexity index is 221. The first kappa shape index (κ1) is 21.8. The summed E-state index contributed by atoms with van der Waals surface area (Å²) in [6, 6.07) is 0. The van der Waals surface area contributed by atoms with Gasteiger partial charge in [0, 0.05) is 37.4 Å². The molecule has 0 heterocycles. The zero-order valence-electron chi connectivity index (χ0n) is 15.6. The van der Waals surface area contributed by atoms with Crippen molar-refractivity contribution in [1.29, 1.82) is 0 Å². The second-order valence-corrected chi connectivity index (χ2v) is 7.54. The molecule has 0 aromatic heterocycles. The fraction of sp³-hybridized carbons (Fsp3) is 1.00. The molecule has 0 aliphatic carbocycles. The third-order valence-corrected chi connectivity index (χ3v) is 2.75. The molecule has 0 bridgehead atoms. The molecule has 0 aliphatic rings. The van der Waals surface area contributed by atoms with Gasteiger partial charge >= 0.3 is 0 Å². The summed E-state index contributed by atoms with van der Waals surface area (Å²) in [5.41, 5.74) is 0.317. The van der Waals surface area contributed by atoms with Crippen molar-refractivity contribution in [1.82, 2.24) is 10.6 Å². The Morgan fingerprint density at radius 2 is 0.909 bits per heavy atom. The molecule has 0 rings (SSSR count). The van der Waals surface area contributed by atoms with Gasteiger partial charge in [-0.15, -0.1) is 0 Å². The van der Waals surface area contributed by atoms with Gasteiger partial charge in [0.05, 0.1) is 26.4 Å². The summed E-state index contributed by atoms with van der Waals surface area (Å²) in [5, 5.41) is 6.77. The van der Waals surface area contributed by atoms with E-state index in [1.54, 1.807) is 0 Å². The van der Waals surface area contributed by atoms with Crippen LogP contribution in [0.1, 0.15) is 48.0 Å². The quantitative estimate of drug-likeness (QED) is 0.510. The number of rotatable bonds is 13. The maximum atomic E-state index is 5.54. The van der Waals surface area contributed by atoms with E-state index >= 15 is 0 Å². The van der Waals surface area contributed by atoms with Crippen molar-refractivity contribution in [2.24, 2.45) is 0 Å².